The number of rotatable bonds is 2. The Morgan fingerprint density at radius 1 is 1.38 bits per heavy atom. The van der Waals surface area contributed by atoms with Crippen molar-refractivity contribution in [2.45, 2.75) is 5.60 Å². The van der Waals surface area contributed by atoms with Crippen molar-refractivity contribution in [1.82, 2.24) is 0 Å². The average Bonchev–Trinajstić information content (AvgIpc) is 2.80. The molecule has 2 N–H and O–H groups in total. The zero-order valence-corrected chi connectivity index (χ0v) is 6.48. The largest absolute Gasteiger partial charge is 0.478 e. The normalized spacial score (nSPS) is 22.5. The summed E-state index contributed by atoms with van der Waals surface area (Å²) in [6.45, 7) is 0.0218. The molecule has 1 aliphatic carbocycles. The molecule has 13 heavy (non-hydrogen) atoms. The van der Waals surface area contributed by atoms with E-state index in [9.17, 15) is 9.59 Å². The molecule has 0 spiro atoms. The molecular weight excluding hydrogens is 176 g/mol. The molecule has 0 saturated carbocycles. The Kier molecular flexibility index (Phi) is 1.35. The Hall–Kier alpha value is -1.62. The molecule has 2 aliphatic rings. The Bertz CT molecular complexity index is 349. The summed E-state index contributed by atoms with van der Waals surface area (Å²) < 4.78 is 4.80. The summed E-state index contributed by atoms with van der Waals surface area (Å²) in [6, 6.07) is 0. The Morgan fingerprint density at radius 3 is 2.46 bits per heavy atom. The molecule has 0 atom stereocenters. The van der Waals surface area contributed by atoms with Gasteiger partial charge >= 0.3 is 11.9 Å². The molecule has 0 bridgehead atoms. The van der Waals surface area contributed by atoms with Crippen LogP contribution in [0.2, 0.25) is 0 Å². The Labute approximate surface area is 72.9 Å². The van der Waals surface area contributed by atoms with Gasteiger partial charge in [-0.15, -0.1) is 0 Å². The summed E-state index contributed by atoms with van der Waals surface area (Å²) in [7, 11) is 0. The Morgan fingerprint density at radius 2 is 2.00 bits per heavy atom. The summed E-state index contributed by atoms with van der Waals surface area (Å²) in [6.07, 6.45) is 3.16. The van der Waals surface area contributed by atoms with Gasteiger partial charge in [0.2, 0.25) is 0 Å². The quantitative estimate of drug-likeness (QED) is 0.577. The summed E-state index contributed by atoms with van der Waals surface area (Å²) in [5, 5.41) is 17.6. The topological polar surface area (TPSA) is 83.8 Å². The molecule has 5 heteroatoms. The van der Waals surface area contributed by atoms with E-state index in [1.165, 1.54) is 6.08 Å². The molecule has 2 rings (SSSR count). The van der Waals surface area contributed by atoms with Crippen LogP contribution in [0.15, 0.2) is 23.3 Å². The van der Waals surface area contributed by atoms with Crippen LogP contribution in [0.4, 0.5) is 0 Å². The highest BCUT2D eigenvalue weighted by molar-refractivity contribution is 6.09. The van der Waals surface area contributed by atoms with Crippen LogP contribution in [-0.2, 0) is 14.3 Å². The van der Waals surface area contributed by atoms with Crippen molar-refractivity contribution in [3.63, 3.8) is 0 Å². The van der Waals surface area contributed by atoms with Crippen LogP contribution in [-0.4, -0.2) is 34.4 Å². The summed E-state index contributed by atoms with van der Waals surface area (Å²) in [5.41, 5.74) is -1.24. The van der Waals surface area contributed by atoms with Gasteiger partial charge in [0.15, 0.2) is 0 Å². The van der Waals surface area contributed by atoms with Crippen LogP contribution < -0.4 is 0 Å². The molecule has 0 aromatic heterocycles. The van der Waals surface area contributed by atoms with E-state index in [2.05, 4.69) is 0 Å². The van der Waals surface area contributed by atoms with Crippen molar-refractivity contribution in [3.05, 3.63) is 23.3 Å². The molecule has 0 amide bonds. The maximum absolute atomic E-state index is 10.8. The van der Waals surface area contributed by atoms with Gasteiger partial charge in [-0.3, -0.25) is 0 Å². The fraction of sp³-hybridized carbons (Fsp3) is 0.250. The number of allylic oxidation sites excluding steroid dienone is 1. The summed E-state index contributed by atoms with van der Waals surface area (Å²) in [4.78, 5) is 21.6. The zero-order chi connectivity index (χ0) is 9.64. The van der Waals surface area contributed by atoms with Crippen LogP contribution >= 0.6 is 0 Å². The molecule has 0 aromatic rings. The minimum Gasteiger partial charge on any atom is -0.478 e. The van der Waals surface area contributed by atoms with Crippen LogP contribution in [0, 0.1) is 0 Å². The second kappa shape index (κ2) is 2.20. The number of hydrogen-bond acceptors (Lipinski definition) is 3. The SMILES string of the molecule is O=C(O)C1(C(=O)O)OCC=C2C=C21. The summed E-state index contributed by atoms with van der Waals surface area (Å²) in [5.74, 6) is -2.95. The molecule has 0 aromatic carbocycles. The maximum Gasteiger partial charge on any atom is 0.352 e. The van der Waals surface area contributed by atoms with Crippen LogP contribution in [0.5, 0.6) is 0 Å². The number of carboxylic acids is 2. The number of hydrogen-bond donors (Lipinski definition) is 2. The van der Waals surface area contributed by atoms with Gasteiger partial charge < -0.3 is 14.9 Å². The van der Waals surface area contributed by atoms with Crippen molar-refractivity contribution >= 4 is 11.9 Å². The lowest BCUT2D eigenvalue weighted by Crippen LogP contribution is -2.50. The van der Waals surface area contributed by atoms with Gasteiger partial charge in [-0.1, -0.05) is 6.08 Å². The lowest BCUT2D eigenvalue weighted by atomic mass is 9.98. The smallest absolute Gasteiger partial charge is 0.352 e. The van der Waals surface area contributed by atoms with E-state index >= 15 is 0 Å². The fourth-order valence-corrected chi connectivity index (χ4v) is 1.37. The van der Waals surface area contributed by atoms with Crippen LogP contribution in [0.25, 0.3) is 0 Å². The highest BCUT2D eigenvalue weighted by Crippen LogP contribution is 2.43. The second-order valence-electron chi connectivity index (χ2n) is 2.82. The lowest BCUT2D eigenvalue weighted by Gasteiger charge is -2.24. The summed E-state index contributed by atoms with van der Waals surface area (Å²) >= 11 is 0. The molecule has 0 unspecified atom stereocenters. The first kappa shape index (κ1) is 8.00. The van der Waals surface area contributed by atoms with Gasteiger partial charge in [0.05, 0.1) is 6.61 Å². The lowest BCUT2D eigenvalue weighted by molar-refractivity contribution is -0.176. The number of carbonyl (C=O) groups is 2. The van der Waals surface area contributed by atoms with E-state index in [1.807, 2.05) is 0 Å². The van der Waals surface area contributed by atoms with Gasteiger partial charge in [-0.2, -0.15) is 0 Å². The molecule has 0 radical (unpaired) electrons. The van der Waals surface area contributed by atoms with E-state index in [0.29, 0.717) is 5.57 Å². The van der Waals surface area contributed by atoms with Gasteiger partial charge in [0.1, 0.15) is 0 Å². The molecule has 1 heterocycles. The minimum atomic E-state index is -2.16. The standard InChI is InChI=1S/C8H6O5/c9-6(10)8(7(11)12)5-3-4(5)1-2-13-8/h1,3H,2H2,(H,9,10)(H,11,12). The van der Waals surface area contributed by atoms with E-state index < -0.39 is 17.5 Å². The number of carboxylic acid groups (broad SMARTS) is 2. The Balaban J connectivity index is 2.46. The van der Waals surface area contributed by atoms with Crippen LogP contribution in [0.3, 0.4) is 0 Å². The molecule has 1 aliphatic heterocycles. The van der Waals surface area contributed by atoms with E-state index in [1.54, 1.807) is 6.08 Å². The van der Waals surface area contributed by atoms with Crippen molar-refractivity contribution in [2.75, 3.05) is 6.61 Å². The number of aliphatic carboxylic acids is 2. The van der Waals surface area contributed by atoms with Crippen molar-refractivity contribution in [2.24, 2.45) is 0 Å². The first-order valence-corrected chi connectivity index (χ1v) is 3.62. The predicted octanol–water partition coefficient (Wildman–Crippen LogP) is -0.209. The molecule has 0 saturated heterocycles. The number of ether oxygens (including phenoxy) is 1. The predicted molar refractivity (Wildman–Crippen MR) is 40.1 cm³/mol. The molecule has 5 nitrogen and oxygen atoms in total. The second-order valence-corrected chi connectivity index (χ2v) is 2.82. The molecule has 68 valence electrons. The highest BCUT2D eigenvalue weighted by atomic mass is 16.6. The minimum absolute atomic E-state index is 0.0218. The number of fused-ring (bicyclic) bond motifs is 1. The molecule has 0 fully saturated rings. The van der Waals surface area contributed by atoms with Gasteiger partial charge in [-0.25, -0.2) is 9.59 Å². The van der Waals surface area contributed by atoms with Crippen molar-refractivity contribution in [1.29, 1.82) is 0 Å². The van der Waals surface area contributed by atoms with Crippen molar-refractivity contribution in [3.8, 4) is 0 Å². The first-order chi connectivity index (χ1) is 6.09. The van der Waals surface area contributed by atoms with Crippen molar-refractivity contribution < 1.29 is 24.5 Å². The highest BCUT2D eigenvalue weighted by Gasteiger charge is 2.57. The zero-order valence-electron chi connectivity index (χ0n) is 6.48. The van der Waals surface area contributed by atoms with Gasteiger partial charge in [-0.05, 0) is 11.6 Å². The van der Waals surface area contributed by atoms with Gasteiger partial charge in [0, 0.05) is 5.57 Å². The monoisotopic (exact) mass is 182 g/mol. The third kappa shape index (κ3) is 0.844. The van der Waals surface area contributed by atoms with Gasteiger partial charge in [0.25, 0.3) is 5.60 Å². The first-order valence-electron chi connectivity index (χ1n) is 3.62. The van der Waals surface area contributed by atoms with E-state index in [-0.39, 0.29) is 12.2 Å². The van der Waals surface area contributed by atoms with Crippen LogP contribution in [0.1, 0.15) is 0 Å². The van der Waals surface area contributed by atoms with E-state index in [0.717, 1.165) is 0 Å². The molecular formula is C8H6O5. The third-order valence-electron chi connectivity index (χ3n) is 2.11. The fourth-order valence-electron chi connectivity index (χ4n) is 1.37. The third-order valence-corrected chi connectivity index (χ3v) is 2.11. The van der Waals surface area contributed by atoms with E-state index in [4.69, 9.17) is 14.9 Å². The average molecular weight is 182 g/mol. The maximum atomic E-state index is 10.8.